The van der Waals surface area contributed by atoms with Crippen LogP contribution in [-0.2, 0) is 13.2 Å². The highest BCUT2D eigenvalue weighted by atomic mass is 35.5. The van der Waals surface area contributed by atoms with Gasteiger partial charge in [-0.05, 0) is 12.1 Å². The Morgan fingerprint density at radius 3 is 2.38 bits per heavy atom. The molecule has 0 aliphatic rings. The molecule has 0 bridgehead atoms. The minimum absolute atomic E-state index is 0.349. The van der Waals surface area contributed by atoms with Crippen molar-refractivity contribution in [3.05, 3.63) is 56.2 Å². The monoisotopic (exact) mass is 322 g/mol. The van der Waals surface area contributed by atoms with E-state index in [-0.39, 0.29) is 5.56 Å². The van der Waals surface area contributed by atoms with Gasteiger partial charge in [0.25, 0.3) is 5.56 Å². The molecule has 0 amide bonds. The molecule has 0 aliphatic heterocycles. The van der Waals surface area contributed by atoms with Crippen molar-refractivity contribution in [2.75, 3.05) is 0 Å². The molecule has 2 rings (SSSR count). The molecule has 0 aliphatic carbocycles. The lowest BCUT2D eigenvalue weighted by Gasteiger charge is -2.10. The summed E-state index contributed by atoms with van der Waals surface area (Å²) in [6, 6.07) is 1.15. The molecular formula is C12H7ClF4N2O2. The van der Waals surface area contributed by atoms with Gasteiger partial charge in [0.2, 0.25) is 5.78 Å². The molecule has 9 heteroatoms. The normalized spacial score (nSPS) is 11.7. The fourth-order valence-corrected chi connectivity index (χ4v) is 1.96. The molecule has 0 saturated carbocycles. The van der Waals surface area contributed by atoms with Crippen molar-refractivity contribution in [1.82, 2.24) is 9.78 Å². The highest BCUT2D eigenvalue weighted by Gasteiger charge is 2.36. The number of ketones is 1. The number of aromatic amines is 1. The van der Waals surface area contributed by atoms with Gasteiger partial charge in [0.1, 0.15) is 5.56 Å². The van der Waals surface area contributed by atoms with E-state index in [4.69, 9.17) is 11.6 Å². The molecule has 1 aromatic heterocycles. The number of alkyl halides is 3. The van der Waals surface area contributed by atoms with Gasteiger partial charge in [-0.3, -0.25) is 14.3 Å². The Morgan fingerprint density at radius 1 is 1.29 bits per heavy atom. The van der Waals surface area contributed by atoms with Crippen LogP contribution in [0.4, 0.5) is 17.6 Å². The Morgan fingerprint density at radius 2 is 1.90 bits per heavy atom. The summed E-state index contributed by atoms with van der Waals surface area (Å²) < 4.78 is 52.2. The van der Waals surface area contributed by atoms with Crippen LogP contribution in [0.15, 0.2) is 23.1 Å². The number of hydrogen-bond donors (Lipinski definition) is 1. The first-order valence-electron chi connectivity index (χ1n) is 5.49. The maximum Gasteiger partial charge on any atom is 0.419 e. The number of halogens is 5. The minimum Gasteiger partial charge on any atom is -0.302 e. The summed E-state index contributed by atoms with van der Waals surface area (Å²) in [6.45, 7) is 0. The van der Waals surface area contributed by atoms with E-state index in [0.717, 1.165) is 16.9 Å². The van der Waals surface area contributed by atoms with Crippen molar-refractivity contribution in [2.24, 2.45) is 7.05 Å². The lowest BCUT2D eigenvalue weighted by atomic mass is 10.0. The smallest absolute Gasteiger partial charge is 0.302 e. The molecule has 4 nitrogen and oxygen atoms in total. The zero-order valence-electron chi connectivity index (χ0n) is 10.4. The van der Waals surface area contributed by atoms with Crippen molar-refractivity contribution in [1.29, 1.82) is 0 Å². The summed E-state index contributed by atoms with van der Waals surface area (Å²) in [4.78, 5) is 23.6. The number of nitrogens with one attached hydrogen (secondary N) is 1. The standard InChI is InChI=1S/C12H7ClF4N2O2/c1-19-11(21)6(4-18-19)10(20)5-2-3-7(12(15,16)17)9(14)8(5)13/h2-4,18H,1H3. The number of aryl methyl sites for hydroxylation is 1. The number of hydrogen-bond acceptors (Lipinski definition) is 2. The Hall–Kier alpha value is -2.09. The van der Waals surface area contributed by atoms with Gasteiger partial charge in [-0.1, -0.05) is 11.6 Å². The molecule has 0 spiro atoms. The summed E-state index contributed by atoms with van der Waals surface area (Å²) in [5.74, 6) is -2.71. The Bertz CT molecular complexity index is 777. The topological polar surface area (TPSA) is 54.9 Å². The van der Waals surface area contributed by atoms with Crippen LogP contribution in [0.25, 0.3) is 0 Å². The highest BCUT2D eigenvalue weighted by molar-refractivity contribution is 6.35. The zero-order valence-corrected chi connectivity index (χ0v) is 11.1. The van der Waals surface area contributed by atoms with E-state index in [1.165, 1.54) is 7.05 Å². The van der Waals surface area contributed by atoms with Gasteiger partial charge in [-0.15, -0.1) is 0 Å². The zero-order chi connectivity index (χ0) is 15.9. The van der Waals surface area contributed by atoms with Gasteiger partial charge in [0.05, 0.1) is 10.6 Å². The molecule has 0 fully saturated rings. The first-order valence-corrected chi connectivity index (χ1v) is 5.86. The minimum atomic E-state index is -4.93. The quantitative estimate of drug-likeness (QED) is 0.683. The van der Waals surface area contributed by atoms with E-state index in [1.54, 1.807) is 0 Å². The third-order valence-electron chi connectivity index (χ3n) is 2.81. The van der Waals surface area contributed by atoms with Crippen molar-refractivity contribution >= 4 is 17.4 Å². The fourth-order valence-electron chi connectivity index (χ4n) is 1.71. The Balaban J connectivity index is 2.57. The third kappa shape index (κ3) is 2.58. The summed E-state index contributed by atoms with van der Waals surface area (Å²) >= 11 is 5.49. The second kappa shape index (κ2) is 5.03. The van der Waals surface area contributed by atoms with E-state index >= 15 is 0 Å². The lowest BCUT2D eigenvalue weighted by Crippen LogP contribution is -2.20. The SMILES string of the molecule is Cn1[nH]cc(C(=O)c2ccc(C(F)(F)F)c(F)c2Cl)c1=O. The predicted molar refractivity (Wildman–Crippen MR) is 65.9 cm³/mol. The van der Waals surface area contributed by atoms with E-state index in [0.29, 0.717) is 6.07 Å². The van der Waals surface area contributed by atoms with Crippen molar-refractivity contribution < 1.29 is 22.4 Å². The van der Waals surface area contributed by atoms with Crippen LogP contribution in [0.1, 0.15) is 21.5 Å². The van der Waals surface area contributed by atoms with Crippen LogP contribution >= 0.6 is 11.6 Å². The van der Waals surface area contributed by atoms with Crippen LogP contribution in [0, 0.1) is 5.82 Å². The van der Waals surface area contributed by atoms with Crippen LogP contribution in [0.3, 0.4) is 0 Å². The van der Waals surface area contributed by atoms with Gasteiger partial charge in [-0.25, -0.2) is 4.39 Å². The third-order valence-corrected chi connectivity index (χ3v) is 3.18. The molecular weight excluding hydrogens is 316 g/mol. The van der Waals surface area contributed by atoms with Gasteiger partial charge >= 0.3 is 6.18 Å². The number of carbonyl (C=O) groups excluding carboxylic acids is 1. The van der Waals surface area contributed by atoms with Crippen LogP contribution in [-0.4, -0.2) is 15.6 Å². The van der Waals surface area contributed by atoms with Gasteiger partial charge in [0, 0.05) is 18.8 Å². The first-order chi connectivity index (χ1) is 9.64. The van der Waals surface area contributed by atoms with Crippen molar-refractivity contribution in [3.8, 4) is 0 Å². The van der Waals surface area contributed by atoms with Gasteiger partial charge < -0.3 is 5.10 Å². The number of rotatable bonds is 2. The average Bonchev–Trinajstić information content (AvgIpc) is 2.71. The maximum atomic E-state index is 13.6. The summed E-state index contributed by atoms with van der Waals surface area (Å²) in [6.07, 6.45) is -3.86. The van der Waals surface area contributed by atoms with E-state index in [1.807, 2.05) is 0 Å². The second-order valence-corrected chi connectivity index (χ2v) is 4.54. The van der Waals surface area contributed by atoms with Crippen molar-refractivity contribution in [2.45, 2.75) is 6.18 Å². The molecule has 0 unspecified atom stereocenters. The van der Waals surface area contributed by atoms with Gasteiger partial charge in [-0.2, -0.15) is 13.2 Å². The maximum absolute atomic E-state index is 13.6. The largest absolute Gasteiger partial charge is 0.419 e. The molecule has 112 valence electrons. The molecule has 21 heavy (non-hydrogen) atoms. The van der Waals surface area contributed by atoms with Crippen molar-refractivity contribution in [3.63, 3.8) is 0 Å². The second-order valence-electron chi connectivity index (χ2n) is 4.17. The summed E-state index contributed by atoms with van der Waals surface area (Å²) in [5, 5.41) is 1.45. The molecule has 1 N–H and O–H groups in total. The summed E-state index contributed by atoms with van der Waals surface area (Å²) in [5.41, 5.74) is -3.14. The number of nitrogens with zero attached hydrogens (tertiary/aromatic N) is 1. The number of H-pyrrole nitrogens is 1. The lowest BCUT2D eigenvalue weighted by molar-refractivity contribution is -0.140. The van der Waals surface area contributed by atoms with E-state index in [9.17, 15) is 27.2 Å². The van der Waals surface area contributed by atoms with Gasteiger partial charge in [0.15, 0.2) is 5.82 Å². The predicted octanol–water partition coefficient (Wildman–Crippen LogP) is 2.76. The molecule has 0 atom stereocenters. The Kier molecular flexibility index (Phi) is 3.66. The molecule has 2 aromatic rings. The number of carbonyl (C=O) groups is 1. The van der Waals surface area contributed by atoms with E-state index in [2.05, 4.69) is 5.10 Å². The van der Waals surface area contributed by atoms with Crippen LogP contribution < -0.4 is 5.56 Å². The highest BCUT2D eigenvalue weighted by Crippen LogP contribution is 2.35. The average molecular weight is 323 g/mol. The molecule has 1 heterocycles. The Labute approximate surface area is 119 Å². The number of aromatic nitrogens is 2. The van der Waals surface area contributed by atoms with Crippen LogP contribution in [0.5, 0.6) is 0 Å². The molecule has 0 saturated heterocycles. The molecule has 0 radical (unpaired) electrons. The summed E-state index contributed by atoms with van der Waals surface area (Å²) in [7, 11) is 1.34. The fraction of sp³-hybridized carbons (Fsp3) is 0.167. The molecule has 1 aromatic carbocycles. The van der Waals surface area contributed by atoms with Crippen LogP contribution in [0.2, 0.25) is 5.02 Å². The van der Waals surface area contributed by atoms with E-state index < -0.39 is 39.5 Å². The first kappa shape index (κ1) is 15.3. The number of benzene rings is 1.